The van der Waals surface area contributed by atoms with Crippen molar-refractivity contribution in [2.24, 2.45) is 5.92 Å². The lowest BCUT2D eigenvalue weighted by Crippen LogP contribution is -2.57. The number of thiazole rings is 1. The van der Waals surface area contributed by atoms with Crippen LogP contribution in [0.4, 0.5) is 0 Å². The second-order valence-corrected chi connectivity index (χ2v) is 8.70. The highest BCUT2D eigenvalue weighted by molar-refractivity contribution is 7.91. The monoisotopic (exact) mass is 321 g/mol. The van der Waals surface area contributed by atoms with Gasteiger partial charge in [0.15, 0.2) is 8.68 Å². The molecule has 0 amide bonds. The minimum absolute atomic E-state index is 0.0211. The van der Waals surface area contributed by atoms with Crippen molar-refractivity contribution >= 4 is 33.0 Å². The average Bonchev–Trinajstić information content (AvgIpc) is 2.70. The lowest BCUT2D eigenvalue weighted by Gasteiger charge is -2.44. The van der Waals surface area contributed by atoms with E-state index < -0.39 is 10.0 Å². The fourth-order valence-electron chi connectivity index (χ4n) is 2.95. The topological polar surface area (TPSA) is 62.3 Å². The van der Waals surface area contributed by atoms with Crippen LogP contribution in [0.2, 0.25) is 4.47 Å². The largest absolute Gasteiger partial charge is 0.302 e. The van der Waals surface area contributed by atoms with Crippen LogP contribution in [0.3, 0.4) is 0 Å². The van der Waals surface area contributed by atoms with Crippen LogP contribution in [0, 0.1) is 12.8 Å². The van der Waals surface area contributed by atoms with E-state index in [4.69, 9.17) is 11.6 Å². The van der Waals surface area contributed by atoms with Gasteiger partial charge in [-0.25, -0.2) is 18.1 Å². The van der Waals surface area contributed by atoms with Crippen molar-refractivity contribution in [3.63, 3.8) is 0 Å². The SMILES string of the molecule is Cc1nc(Cl)sc1S(=O)(=O)NC1CN2CCC1CC2. The van der Waals surface area contributed by atoms with Gasteiger partial charge in [0, 0.05) is 12.6 Å². The molecule has 1 aromatic rings. The Bertz CT molecular complexity index is 579. The Kier molecular flexibility index (Phi) is 3.59. The molecule has 1 aromatic heterocycles. The molecule has 0 aliphatic carbocycles. The Morgan fingerprint density at radius 3 is 2.58 bits per heavy atom. The molecule has 1 N–H and O–H groups in total. The summed E-state index contributed by atoms with van der Waals surface area (Å²) in [6, 6.07) is 0.0211. The number of nitrogens with zero attached hydrogens (tertiary/aromatic N) is 2. The molecule has 106 valence electrons. The van der Waals surface area contributed by atoms with Crippen LogP contribution in [0.25, 0.3) is 0 Å². The summed E-state index contributed by atoms with van der Waals surface area (Å²) in [5.41, 5.74) is 0.476. The minimum Gasteiger partial charge on any atom is -0.302 e. The molecule has 2 bridgehead atoms. The summed E-state index contributed by atoms with van der Waals surface area (Å²) in [5.74, 6) is 0.462. The first-order valence-electron chi connectivity index (χ1n) is 6.33. The lowest BCUT2D eigenvalue weighted by atomic mass is 9.85. The number of hydrogen-bond acceptors (Lipinski definition) is 5. The van der Waals surface area contributed by atoms with E-state index in [1.807, 2.05) is 0 Å². The second kappa shape index (κ2) is 4.96. The normalized spacial score (nSPS) is 30.7. The fraction of sp³-hybridized carbons (Fsp3) is 0.727. The van der Waals surface area contributed by atoms with Gasteiger partial charge in [-0.05, 0) is 38.8 Å². The Balaban J connectivity index is 1.80. The maximum absolute atomic E-state index is 12.4. The van der Waals surface area contributed by atoms with Crippen LogP contribution < -0.4 is 4.72 Å². The third kappa shape index (κ3) is 2.67. The van der Waals surface area contributed by atoms with Gasteiger partial charge in [0.05, 0.1) is 5.69 Å². The van der Waals surface area contributed by atoms with E-state index >= 15 is 0 Å². The molecule has 0 spiro atoms. The van der Waals surface area contributed by atoms with E-state index in [-0.39, 0.29) is 14.7 Å². The summed E-state index contributed by atoms with van der Waals surface area (Å²) in [7, 11) is -3.50. The third-order valence-corrected chi connectivity index (χ3v) is 7.30. The molecule has 0 radical (unpaired) electrons. The van der Waals surface area contributed by atoms with E-state index in [9.17, 15) is 8.42 Å². The smallest absolute Gasteiger partial charge is 0.252 e. The summed E-state index contributed by atoms with van der Waals surface area (Å²) in [6.45, 7) is 4.67. The van der Waals surface area contributed by atoms with Gasteiger partial charge < -0.3 is 4.90 Å². The van der Waals surface area contributed by atoms with Gasteiger partial charge in [0.1, 0.15) is 0 Å². The fourth-order valence-corrected chi connectivity index (χ4v) is 6.00. The maximum atomic E-state index is 12.4. The van der Waals surface area contributed by atoms with Crippen molar-refractivity contribution in [3.05, 3.63) is 10.2 Å². The van der Waals surface area contributed by atoms with Crippen LogP contribution in [-0.4, -0.2) is 44.0 Å². The van der Waals surface area contributed by atoms with Crippen LogP contribution >= 0.6 is 22.9 Å². The van der Waals surface area contributed by atoms with Gasteiger partial charge in [-0.3, -0.25) is 0 Å². The van der Waals surface area contributed by atoms with E-state index in [0.717, 1.165) is 43.8 Å². The first kappa shape index (κ1) is 13.8. The average molecular weight is 322 g/mol. The molecule has 1 unspecified atom stereocenters. The van der Waals surface area contributed by atoms with Gasteiger partial charge in [0.2, 0.25) is 0 Å². The molecule has 4 heterocycles. The molecule has 3 aliphatic heterocycles. The number of fused-ring (bicyclic) bond motifs is 3. The zero-order valence-electron chi connectivity index (χ0n) is 10.6. The molecule has 8 heteroatoms. The number of piperidine rings is 3. The molecular weight excluding hydrogens is 306 g/mol. The summed E-state index contributed by atoms with van der Waals surface area (Å²) in [5, 5.41) is 0. The van der Waals surface area contributed by atoms with Crippen molar-refractivity contribution in [1.82, 2.24) is 14.6 Å². The van der Waals surface area contributed by atoms with Crippen LogP contribution in [0.15, 0.2) is 4.21 Å². The summed E-state index contributed by atoms with van der Waals surface area (Å²) in [6.07, 6.45) is 2.16. The first-order valence-corrected chi connectivity index (χ1v) is 9.01. The van der Waals surface area contributed by atoms with Crippen molar-refractivity contribution in [1.29, 1.82) is 0 Å². The molecule has 3 aliphatic rings. The Morgan fingerprint density at radius 1 is 1.42 bits per heavy atom. The molecule has 4 rings (SSSR count). The highest BCUT2D eigenvalue weighted by atomic mass is 35.5. The van der Waals surface area contributed by atoms with Gasteiger partial charge in [-0.15, -0.1) is 0 Å². The lowest BCUT2D eigenvalue weighted by molar-refractivity contribution is 0.0827. The van der Waals surface area contributed by atoms with E-state index in [2.05, 4.69) is 14.6 Å². The van der Waals surface area contributed by atoms with Gasteiger partial charge in [-0.2, -0.15) is 0 Å². The number of hydrogen-bond donors (Lipinski definition) is 1. The minimum atomic E-state index is -3.50. The van der Waals surface area contributed by atoms with Crippen LogP contribution in [-0.2, 0) is 10.0 Å². The number of aromatic nitrogens is 1. The zero-order valence-corrected chi connectivity index (χ0v) is 13.0. The number of sulfonamides is 1. The van der Waals surface area contributed by atoms with Gasteiger partial charge in [-0.1, -0.05) is 22.9 Å². The number of halogens is 1. The maximum Gasteiger partial charge on any atom is 0.252 e. The van der Waals surface area contributed by atoms with Gasteiger partial charge >= 0.3 is 0 Å². The molecule has 3 saturated heterocycles. The Morgan fingerprint density at radius 2 is 2.11 bits per heavy atom. The first-order chi connectivity index (χ1) is 8.95. The second-order valence-electron chi connectivity index (χ2n) is 5.21. The van der Waals surface area contributed by atoms with Crippen molar-refractivity contribution in [2.45, 2.75) is 30.0 Å². The quantitative estimate of drug-likeness (QED) is 0.916. The highest BCUT2D eigenvalue weighted by Gasteiger charge is 2.37. The third-order valence-electron chi connectivity index (χ3n) is 3.93. The molecule has 5 nitrogen and oxygen atoms in total. The van der Waals surface area contributed by atoms with Gasteiger partial charge in [0.25, 0.3) is 10.0 Å². The number of aryl methyl sites for hydroxylation is 1. The zero-order chi connectivity index (χ0) is 13.6. The molecule has 0 saturated carbocycles. The molecule has 19 heavy (non-hydrogen) atoms. The van der Waals surface area contributed by atoms with E-state index in [0.29, 0.717) is 11.6 Å². The Hall–Kier alpha value is -0.210. The summed E-state index contributed by atoms with van der Waals surface area (Å²) < 4.78 is 28.1. The van der Waals surface area contributed by atoms with Crippen molar-refractivity contribution in [2.75, 3.05) is 19.6 Å². The van der Waals surface area contributed by atoms with Crippen LogP contribution in [0.1, 0.15) is 18.5 Å². The Labute approximate surface area is 122 Å². The van der Waals surface area contributed by atoms with E-state index in [1.165, 1.54) is 0 Å². The number of nitrogens with one attached hydrogen (secondary N) is 1. The molecular formula is C11H16ClN3O2S2. The predicted molar refractivity (Wildman–Crippen MR) is 75.1 cm³/mol. The standard InChI is InChI=1S/C11H16ClN3O2S2/c1-7-10(18-11(12)13-7)19(16,17)14-9-6-15-4-2-8(9)3-5-15/h8-9,14H,2-6H2,1H3. The highest BCUT2D eigenvalue weighted by Crippen LogP contribution is 2.31. The van der Waals surface area contributed by atoms with Crippen molar-refractivity contribution in [3.8, 4) is 0 Å². The van der Waals surface area contributed by atoms with Crippen LogP contribution in [0.5, 0.6) is 0 Å². The summed E-state index contributed by atoms with van der Waals surface area (Å²) in [4.78, 5) is 6.29. The van der Waals surface area contributed by atoms with Crippen molar-refractivity contribution < 1.29 is 8.42 Å². The molecule has 1 atom stereocenters. The summed E-state index contributed by atoms with van der Waals surface area (Å²) >= 11 is 6.80. The number of rotatable bonds is 3. The molecule has 0 aromatic carbocycles. The predicted octanol–water partition coefficient (Wildman–Crippen LogP) is 1.48. The molecule has 3 fully saturated rings. The van der Waals surface area contributed by atoms with E-state index in [1.54, 1.807) is 6.92 Å².